The topological polar surface area (TPSA) is 9.23 Å². The second kappa shape index (κ2) is 3.02. The second-order valence-electron chi connectivity index (χ2n) is 2.55. The van der Waals surface area contributed by atoms with Crippen LogP contribution in [0.1, 0.15) is 26.7 Å². The Morgan fingerprint density at radius 2 is 2.56 bits per heavy atom. The summed E-state index contributed by atoms with van der Waals surface area (Å²) in [5.74, 6) is 0. The SMILES string of the molecule is CCOC1C=C(C)CC1. The maximum Gasteiger partial charge on any atom is 0.0761 e. The molecular weight excluding hydrogens is 112 g/mol. The van der Waals surface area contributed by atoms with Gasteiger partial charge in [0.25, 0.3) is 0 Å². The molecule has 9 heavy (non-hydrogen) atoms. The lowest BCUT2D eigenvalue weighted by Gasteiger charge is -2.04. The van der Waals surface area contributed by atoms with Gasteiger partial charge in [0.2, 0.25) is 0 Å². The molecular formula is C8H14O. The van der Waals surface area contributed by atoms with Crippen LogP contribution in [0.5, 0.6) is 0 Å². The van der Waals surface area contributed by atoms with Crippen molar-refractivity contribution in [2.75, 3.05) is 6.61 Å². The Morgan fingerprint density at radius 1 is 1.78 bits per heavy atom. The summed E-state index contributed by atoms with van der Waals surface area (Å²) in [5.41, 5.74) is 1.48. The summed E-state index contributed by atoms with van der Waals surface area (Å²) in [6.45, 7) is 5.05. The number of hydrogen-bond acceptors (Lipinski definition) is 1. The lowest BCUT2D eigenvalue weighted by Crippen LogP contribution is -2.04. The van der Waals surface area contributed by atoms with Crippen molar-refractivity contribution in [3.05, 3.63) is 11.6 Å². The number of hydrogen-bond donors (Lipinski definition) is 0. The Kier molecular flexibility index (Phi) is 2.29. The van der Waals surface area contributed by atoms with Gasteiger partial charge in [0, 0.05) is 6.61 Å². The first-order valence-corrected chi connectivity index (χ1v) is 3.62. The summed E-state index contributed by atoms with van der Waals surface area (Å²) in [5, 5.41) is 0. The summed E-state index contributed by atoms with van der Waals surface area (Å²) < 4.78 is 5.40. The maximum atomic E-state index is 5.40. The predicted molar refractivity (Wildman–Crippen MR) is 38.4 cm³/mol. The van der Waals surface area contributed by atoms with E-state index in [1.165, 1.54) is 18.4 Å². The van der Waals surface area contributed by atoms with Gasteiger partial charge in [-0.2, -0.15) is 0 Å². The van der Waals surface area contributed by atoms with E-state index in [4.69, 9.17) is 4.74 Å². The molecule has 0 N–H and O–H groups in total. The van der Waals surface area contributed by atoms with Gasteiger partial charge in [-0.1, -0.05) is 11.6 Å². The van der Waals surface area contributed by atoms with E-state index in [9.17, 15) is 0 Å². The minimum Gasteiger partial charge on any atom is -0.374 e. The third-order valence-corrected chi connectivity index (χ3v) is 1.67. The zero-order valence-corrected chi connectivity index (χ0v) is 6.18. The molecule has 1 unspecified atom stereocenters. The van der Waals surface area contributed by atoms with Crippen LogP contribution in [0.25, 0.3) is 0 Å². The number of rotatable bonds is 2. The van der Waals surface area contributed by atoms with Crippen molar-refractivity contribution in [3.8, 4) is 0 Å². The summed E-state index contributed by atoms with van der Waals surface area (Å²) in [4.78, 5) is 0. The van der Waals surface area contributed by atoms with Gasteiger partial charge in [-0.3, -0.25) is 0 Å². The molecule has 0 bridgehead atoms. The van der Waals surface area contributed by atoms with Crippen molar-refractivity contribution in [2.24, 2.45) is 0 Å². The van der Waals surface area contributed by atoms with Crippen molar-refractivity contribution < 1.29 is 4.74 Å². The Bertz CT molecular complexity index is 116. The second-order valence-corrected chi connectivity index (χ2v) is 2.55. The van der Waals surface area contributed by atoms with Crippen LogP contribution in [0.15, 0.2) is 11.6 Å². The Balaban J connectivity index is 2.29. The molecule has 1 atom stereocenters. The molecule has 0 spiro atoms. The van der Waals surface area contributed by atoms with Crippen LogP contribution in [-0.4, -0.2) is 12.7 Å². The smallest absolute Gasteiger partial charge is 0.0761 e. The van der Waals surface area contributed by atoms with Crippen LogP contribution in [0.4, 0.5) is 0 Å². The lowest BCUT2D eigenvalue weighted by molar-refractivity contribution is 0.0965. The molecule has 0 saturated heterocycles. The van der Waals surface area contributed by atoms with Gasteiger partial charge in [0.1, 0.15) is 0 Å². The van der Waals surface area contributed by atoms with E-state index in [1.807, 2.05) is 6.92 Å². The Labute approximate surface area is 56.7 Å². The van der Waals surface area contributed by atoms with E-state index in [-0.39, 0.29) is 0 Å². The molecule has 52 valence electrons. The monoisotopic (exact) mass is 126 g/mol. The molecule has 0 aromatic heterocycles. The highest BCUT2D eigenvalue weighted by Gasteiger charge is 2.11. The zero-order chi connectivity index (χ0) is 6.69. The van der Waals surface area contributed by atoms with Crippen molar-refractivity contribution in [1.29, 1.82) is 0 Å². The summed E-state index contributed by atoms with van der Waals surface area (Å²) in [6, 6.07) is 0. The summed E-state index contributed by atoms with van der Waals surface area (Å²) in [7, 11) is 0. The highest BCUT2D eigenvalue weighted by atomic mass is 16.5. The Morgan fingerprint density at radius 3 is 3.00 bits per heavy atom. The van der Waals surface area contributed by atoms with Crippen molar-refractivity contribution in [3.63, 3.8) is 0 Å². The first-order valence-electron chi connectivity index (χ1n) is 3.62. The average Bonchev–Trinajstić information content (AvgIpc) is 2.17. The maximum absolute atomic E-state index is 5.40. The molecule has 0 saturated carbocycles. The van der Waals surface area contributed by atoms with Crippen LogP contribution in [-0.2, 0) is 4.74 Å². The van der Waals surface area contributed by atoms with E-state index in [2.05, 4.69) is 13.0 Å². The van der Waals surface area contributed by atoms with E-state index in [0.29, 0.717) is 6.10 Å². The van der Waals surface area contributed by atoms with Crippen molar-refractivity contribution in [1.82, 2.24) is 0 Å². The largest absolute Gasteiger partial charge is 0.374 e. The fourth-order valence-electron chi connectivity index (χ4n) is 1.20. The average molecular weight is 126 g/mol. The Hall–Kier alpha value is -0.300. The van der Waals surface area contributed by atoms with Crippen molar-refractivity contribution >= 4 is 0 Å². The molecule has 0 aliphatic heterocycles. The molecule has 0 amide bonds. The first-order chi connectivity index (χ1) is 4.33. The van der Waals surface area contributed by atoms with Crippen LogP contribution in [0.2, 0.25) is 0 Å². The van der Waals surface area contributed by atoms with Gasteiger partial charge in [-0.25, -0.2) is 0 Å². The molecule has 0 radical (unpaired) electrons. The summed E-state index contributed by atoms with van der Waals surface area (Å²) in [6.07, 6.45) is 5.07. The minimum absolute atomic E-state index is 0.426. The fraction of sp³-hybridized carbons (Fsp3) is 0.750. The van der Waals surface area contributed by atoms with E-state index in [0.717, 1.165) is 6.61 Å². The molecule has 1 rings (SSSR count). The zero-order valence-electron chi connectivity index (χ0n) is 6.18. The molecule has 1 aliphatic rings. The predicted octanol–water partition coefficient (Wildman–Crippen LogP) is 2.13. The van der Waals surface area contributed by atoms with Crippen molar-refractivity contribution in [2.45, 2.75) is 32.8 Å². The molecule has 0 fully saturated rings. The van der Waals surface area contributed by atoms with Crippen LogP contribution in [0.3, 0.4) is 0 Å². The molecule has 1 aliphatic carbocycles. The number of ether oxygens (including phenoxy) is 1. The molecule has 0 aromatic rings. The number of allylic oxidation sites excluding steroid dienone is 1. The normalized spacial score (nSPS) is 26.4. The fourth-order valence-corrected chi connectivity index (χ4v) is 1.20. The third kappa shape index (κ3) is 1.83. The van der Waals surface area contributed by atoms with Gasteiger partial charge in [0.15, 0.2) is 0 Å². The minimum atomic E-state index is 0.426. The quantitative estimate of drug-likeness (QED) is 0.515. The van der Waals surface area contributed by atoms with Gasteiger partial charge in [0.05, 0.1) is 6.10 Å². The molecule has 0 heterocycles. The van der Waals surface area contributed by atoms with Gasteiger partial charge in [-0.15, -0.1) is 0 Å². The highest BCUT2D eigenvalue weighted by Crippen LogP contribution is 2.19. The van der Waals surface area contributed by atoms with Crippen LogP contribution >= 0.6 is 0 Å². The van der Waals surface area contributed by atoms with E-state index < -0.39 is 0 Å². The van der Waals surface area contributed by atoms with E-state index in [1.54, 1.807) is 0 Å². The van der Waals surface area contributed by atoms with Gasteiger partial charge < -0.3 is 4.74 Å². The first kappa shape index (κ1) is 6.81. The van der Waals surface area contributed by atoms with E-state index >= 15 is 0 Å². The third-order valence-electron chi connectivity index (χ3n) is 1.67. The molecule has 1 heteroatoms. The molecule has 0 aromatic carbocycles. The summed E-state index contributed by atoms with van der Waals surface area (Å²) >= 11 is 0. The van der Waals surface area contributed by atoms with Gasteiger partial charge in [-0.05, 0) is 26.7 Å². The standard InChI is InChI=1S/C8H14O/c1-3-9-8-5-4-7(2)6-8/h6,8H,3-5H2,1-2H3. The lowest BCUT2D eigenvalue weighted by atomic mass is 10.3. The van der Waals surface area contributed by atoms with Crippen LogP contribution < -0.4 is 0 Å². The molecule has 1 nitrogen and oxygen atoms in total. The highest BCUT2D eigenvalue weighted by molar-refractivity contribution is 5.09. The van der Waals surface area contributed by atoms with Crippen LogP contribution in [0, 0.1) is 0 Å². The van der Waals surface area contributed by atoms with Gasteiger partial charge >= 0.3 is 0 Å².